The van der Waals surface area contributed by atoms with E-state index >= 15 is 0 Å². The lowest BCUT2D eigenvalue weighted by Crippen LogP contribution is -2.41. The Morgan fingerprint density at radius 3 is 2.45 bits per heavy atom. The average Bonchev–Trinajstić information content (AvgIpc) is 2.90. The third-order valence-electron chi connectivity index (χ3n) is 4.80. The maximum Gasteiger partial charge on any atom is 0.231 e. The van der Waals surface area contributed by atoms with Gasteiger partial charge in [0.05, 0.1) is 12.0 Å². The van der Waals surface area contributed by atoms with Gasteiger partial charge in [-0.3, -0.25) is 4.79 Å². The van der Waals surface area contributed by atoms with Gasteiger partial charge in [-0.1, -0.05) is 11.6 Å². The van der Waals surface area contributed by atoms with Crippen molar-refractivity contribution in [3.8, 4) is 0 Å². The van der Waals surface area contributed by atoms with Crippen LogP contribution in [0.3, 0.4) is 0 Å². The summed E-state index contributed by atoms with van der Waals surface area (Å²) < 4.78 is 5.40. The lowest BCUT2D eigenvalue weighted by molar-refractivity contribution is -0.121. The Kier molecular flexibility index (Phi) is 5.01. The van der Waals surface area contributed by atoms with Gasteiger partial charge in [0.15, 0.2) is 0 Å². The van der Waals surface area contributed by atoms with E-state index in [0.717, 1.165) is 51.1 Å². The molecule has 2 fully saturated rings. The number of piperidine rings is 1. The zero-order chi connectivity index (χ0) is 15.5. The minimum atomic E-state index is 0.120. The zero-order valence-electron chi connectivity index (χ0n) is 13.0. The van der Waals surface area contributed by atoms with Crippen LogP contribution in [0.25, 0.3) is 0 Å². The van der Waals surface area contributed by atoms with E-state index in [2.05, 4.69) is 4.90 Å². The summed E-state index contributed by atoms with van der Waals surface area (Å²) in [5.41, 5.74) is 0.954. The number of halogens is 1. The number of rotatable bonds is 4. The van der Waals surface area contributed by atoms with Crippen molar-refractivity contribution in [2.45, 2.75) is 25.4 Å². The van der Waals surface area contributed by atoms with Crippen molar-refractivity contribution in [1.82, 2.24) is 4.90 Å². The van der Waals surface area contributed by atoms with Gasteiger partial charge < -0.3 is 14.5 Å². The number of amides is 1. The highest BCUT2D eigenvalue weighted by molar-refractivity contribution is 6.30. The third-order valence-corrected chi connectivity index (χ3v) is 5.05. The molecule has 1 aromatic rings. The second-order valence-electron chi connectivity index (χ2n) is 6.19. The molecule has 2 aliphatic heterocycles. The van der Waals surface area contributed by atoms with Gasteiger partial charge in [-0.2, -0.15) is 0 Å². The minimum Gasteiger partial charge on any atom is -0.381 e. The largest absolute Gasteiger partial charge is 0.381 e. The molecule has 0 spiro atoms. The predicted molar refractivity (Wildman–Crippen MR) is 88.4 cm³/mol. The molecule has 22 heavy (non-hydrogen) atoms. The van der Waals surface area contributed by atoms with Gasteiger partial charge in [0.2, 0.25) is 5.91 Å². The Morgan fingerprint density at radius 2 is 1.82 bits per heavy atom. The Balaban J connectivity index is 1.56. The van der Waals surface area contributed by atoms with Crippen LogP contribution in [-0.4, -0.2) is 50.2 Å². The Labute approximate surface area is 137 Å². The molecule has 4 nitrogen and oxygen atoms in total. The van der Waals surface area contributed by atoms with Crippen molar-refractivity contribution in [3.63, 3.8) is 0 Å². The topological polar surface area (TPSA) is 32.8 Å². The predicted octanol–water partition coefficient (Wildman–Crippen LogP) is 2.80. The first-order valence-electron chi connectivity index (χ1n) is 7.99. The summed E-state index contributed by atoms with van der Waals surface area (Å²) in [4.78, 5) is 16.9. The molecule has 0 N–H and O–H groups in total. The summed E-state index contributed by atoms with van der Waals surface area (Å²) in [5.74, 6) is 0.367. The second kappa shape index (κ2) is 6.99. The molecule has 120 valence electrons. The van der Waals surface area contributed by atoms with Gasteiger partial charge in [-0.25, -0.2) is 0 Å². The monoisotopic (exact) mass is 322 g/mol. The molecule has 0 aromatic heterocycles. The summed E-state index contributed by atoms with van der Waals surface area (Å²) >= 11 is 5.92. The van der Waals surface area contributed by atoms with E-state index in [1.165, 1.54) is 0 Å². The number of benzene rings is 1. The van der Waals surface area contributed by atoms with Crippen LogP contribution in [0.15, 0.2) is 24.3 Å². The number of hydrogen-bond acceptors (Lipinski definition) is 3. The molecule has 0 radical (unpaired) electrons. The van der Waals surface area contributed by atoms with Gasteiger partial charge in [-0.05, 0) is 43.5 Å². The number of methoxy groups -OCH3 is 1. The van der Waals surface area contributed by atoms with E-state index in [9.17, 15) is 4.79 Å². The Bertz CT molecular complexity index is 512. The van der Waals surface area contributed by atoms with E-state index in [-0.39, 0.29) is 11.8 Å². The number of carbonyl (C=O) groups excluding carboxylic acids is 1. The van der Waals surface area contributed by atoms with Crippen molar-refractivity contribution in [2.24, 2.45) is 5.92 Å². The van der Waals surface area contributed by atoms with Crippen LogP contribution >= 0.6 is 11.6 Å². The van der Waals surface area contributed by atoms with Crippen molar-refractivity contribution in [3.05, 3.63) is 29.3 Å². The number of ether oxygens (including phenoxy) is 1. The third kappa shape index (κ3) is 3.45. The molecule has 1 aromatic carbocycles. The van der Waals surface area contributed by atoms with E-state index in [1.807, 2.05) is 29.2 Å². The molecule has 2 saturated heterocycles. The quantitative estimate of drug-likeness (QED) is 0.854. The first-order chi connectivity index (χ1) is 10.7. The van der Waals surface area contributed by atoms with Crippen molar-refractivity contribution < 1.29 is 9.53 Å². The average molecular weight is 323 g/mol. The molecule has 1 atom stereocenters. The molecular weight excluding hydrogens is 300 g/mol. The van der Waals surface area contributed by atoms with Gasteiger partial charge in [-0.15, -0.1) is 0 Å². The molecule has 2 aliphatic rings. The molecule has 3 rings (SSSR count). The molecule has 0 bridgehead atoms. The first-order valence-corrected chi connectivity index (χ1v) is 8.37. The summed E-state index contributed by atoms with van der Waals surface area (Å²) in [6, 6.07) is 7.53. The van der Waals surface area contributed by atoms with E-state index in [1.54, 1.807) is 7.11 Å². The van der Waals surface area contributed by atoms with Gasteiger partial charge in [0.1, 0.15) is 0 Å². The summed E-state index contributed by atoms with van der Waals surface area (Å²) in [6.07, 6.45) is 3.46. The fraction of sp³-hybridized carbons (Fsp3) is 0.588. The number of carbonyl (C=O) groups is 1. The van der Waals surface area contributed by atoms with Crippen molar-refractivity contribution in [2.75, 3.05) is 38.2 Å². The maximum atomic E-state index is 12.6. The molecule has 2 heterocycles. The second-order valence-corrected chi connectivity index (χ2v) is 6.62. The van der Waals surface area contributed by atoms with Crippen LogP contribution in [0, 0.1) is 5.92 Å². The highest BCUT2D eigenvalue weighted by atomic mass is 35.5. The first kappa shape index (κ1) is 15.8. The van der Waals surface area contributed by atoms with E-state index < -0.39 is 0 Å². The van der Waals surface area contributed by atoms with Crippen molar-refractivity contribution in [1.29, 1.82) is 0 Å². The Hall–Kier alpha value is -1.10. The SMILES string of the molecule is COC1CCN(C[C@H]2CCN(c3ccc(Cl)cc3)C2=O)CC1. The standard InChI is InChI=1S/C17H23ClN2O2/c1-22-16-7-9-19(10-8-16)12-13-6-11-20(17(13)21)15-4-2-14(18)3-5-15/h2-5,13,16H,6-12H2,1H3/t13-/m1/s1. The molecule has 0 aliphatic carbocycles. The molecule has 1 amide bonds. The maximum absolute atomic E-state index is 12.6. The van der Waals surface area contributed by atoms with Gasteiger partial charge in [0, 0.05) is 44.0 Å². The van der Waals surface area contributed by atoms with Crippen LogP contribution in [-0.2, 0) is 9.53 Å². The summed E-state index contributed by atoms with van der Waals surface area (Å²) in [6.45, 7) is 3.74. The normalized spacial score (nSPS) is 24.2. The smallest absolute Gasteiger partial charge is 0.231 e. The summed E-state index contributed by atoms with van der Waals surface area (Å²) in [5, 5.41) is 0.702. The van der Waals surface area contributed by atoms with Crippen LogP contribution in [0.4, 0.5) is 5.69 Å². The number of nitrogens with zero attached hydrogens (tertiary/aromatic N) is 2. The van der Waals surface area contributed by atoms with Crippen LogP contribution in [0.2, 0.25) is 5.02 Å². The molecule has 0 unspecified atom stereocenters. The molecule has 5 heteroatoms. The number of likely N-dealkylation sites (tertiary alicyclic amines) is 1. The van der Waals surface area contributed by atoms with Crippen molar-refractivity contribution >= 4 is 23.2 Å². The lowest BCUT2D eigenvalue weighted by atomic mass is 10.0. The van der Waals surface area contributed by atoms with Gasteiger partial charge >= 0.3 is 0 Å². The number of anilines is 1. The lowest BCUT2D eigenvalue weighted by Gasteiger charge is -2.32. The van der Waals surface area contributed by atoms with Crippen LogP contribution in [0.5, 0.6) is 0 Å². The van der Waals surface area contributed by atoms with E-state index in [0.29, 0.717) is 11.1 Å². The fourth-order valence-corrected chi connectivity index (χ4v) is 3.55. The van der Waals surface area contributed by atoms with Crippen LogP contribution in [0.1, 0.15) is 19.3 Å². The van der Waals surface area contributed by atoms with Crippen LogP contribution < -0.4 is 4.90 Å². The fourth-order valence-electron chi connectivity index (χ4n) is 3.42. The minimum absolute atomic E-state index is 0.120. The summed E-state index contributed by atoms with van der Waals surface area (Å²) in [7, 11) is 1.78. The van der Waals surface area contributed by atoms with Gasteiger partial charge in [0.25, 0.3) is 0 Å². The number of hydrogen-bond donors (Lipinski definition) is 0. The Morgan fingerprint density at radius 1 is 1.14 bits per heavy atom. The van der Waals surface area contributed by atoms with E-state index in [4.69, 9.17) is 16.3 Å². The highest BCUT2D eigenvalue weighted by Crippen LogP contribution is 2.27. The molecular formula is C17H23ClN2O2. The molecule has 0 saturated carbocycles. The zero-order valence-corrected chi connectivity index (χ0v) is 13.8. The highest BCUT2D eigenvalue weighted by Gasteiger charge is 2.34.